The van der Waals surface area contributed by atoms with E-state index in [-0.39, 0.29) is 17.5 Å². The first-order valence-electron chi connectivity index (χ1n) is 3.22. The third kappa shape index (κ3) is 2.04. The average Bonchev–Trinajstić information content (AvgIpc) is 2.05. The lowest BCUT2D eigenvalue weighted by Gasteiger charge is -1.93. The van der Waals surface area contributed by atoms with Gasteiger partial charge >= 0.3 is 0 Å². The van der Waals surface area contributed by atoms with E-state index in [1.54, 1.807) is 6.07 Å². The number of halogens is 1. The van der Waals surface area contributed by atoms with Gasteiger partial charge in [0, 0.05) is 11.8 Å². The molecule has 4 heteroatoms. The fourth-order valence-corrected chi connectivity index (χ4v) is 0.913. The van der Waals surface area contributed by atoms with Crippen LogP contribution in [0.2, 0.25) is 5.15 Å². The number of hydrogen-bond acceptors (Lipinski definition) is 2. The molecule has 0 spiro atoms. The van der Waals surface area contributed by atoms with Crippen molar-refractivity contribution >= 4 is 17.4 Å². The fourth-order valence-electron chi connectivity index (χ4n) is 0.739. The van der Waals surface area contributed by atoms with Crippen LogP contribution >= 0.6 is 11.6 Å². The van der Waals surface area contributed by atoms with Crippen LogP contribution < -0.4 is 0 Å². The lowest BCUT2D eigenvalue weighted by atomic mass is 10.2. The molecule has 0 bridgehead atoms. The Labute approximate surface area is 74.8 Å². The smallest absolute Gasteiger partial charge is 0.276 e. The maximum atomic E-state index is 11.1. The SMILES string of the molecule is [C-]#[N+]CC(=O)c1ccnc(Cl)c1. The van der Waals surface area contributed by atoms with Gasteiger partial charge in [-0.25, -0.2) is 11.6 Å². The minimum atomic E-state index is -0.227. The van der Waals surface area contributed by atoms with Gasteiger partial charge in [-0.1, -0.05) is 11.6 Å². The summed E-state index contributed by atoms with van der Waals surface area (Å²) < 4.78 is 0. The molecular weight excluding hydrogens is 176 g/mol. The molecule has 0 atom stereocenters. The molecule has 0 aliphatic rings. The average molecular weight is 181 g/mol. The summed E-state index contributed by atoms with van der Waals surface area (Å²) in [5, 5.41) is 0.269. The molecule has 1 heterocycles. The Kier molecular flexibility index (Phi) is 2.78. The minimum absolute atomic E-state index is 0.139. The van der Waals surface area contributed by atoms with E-state index in [1.165, 1.54) is 12.3 Å². The van der Waals surface area contributed by atoms with Crippen molar-refractivity contribution in [3.63, 3.8) is 0 Å². The molecule has 0 aliphatic heterocycles. The van der Waals surface area contributed by atoms with E-state index in [4.69, 9.17) is 18.2 Å². The van der Waals surface area contributed by atoms with Crippen LogP contribution in [0.5, 0.6) is 0 Å². The first kappa shape index (κ1) is 8.69. The van der Waals surface area contributed by atoms with Gasteiger partial charge in [-0.3, -0.25) is 4.79 Å². The second-order valence-electron chi connectivity index (χ2n) is 2.11. The van der Waals surface area contributed by atoms with Gasteiger partial charge in [-0.05, 0) is 12.1 Å². The molecule has 0 saturated heterocycles. The number of aromatic nitrogens is 1. The van der Waals surface area contributed by atoms with Crippen LogP contribution in [-0.2, 0) is 0 Å². The summed E-state index contributed by atoms with van der Waals surface area (Å²) in [5.41, 5.74) is 0.436. The monoisotopic (exact) mass is 180 g/mol. The topological polar surface area (TPSA) is 34.3 Å². The van der Waals surface area contributed by atoms with Crippen molar-refractivity contribution in [2.75, 3.05) is 6.54 Å². The third-order valence-corrected chi connectivity index (χ3v) is 1.48. The summed E-state index contributed by atoms with van der Waals surface area (Å²) in [7, 11) is 0. The maximum absolute atomic E-state index is 11.1. The van der Waals surface area contributed by atoms with Gasteiger partial charge in [0.15, 0.2) is 0 Å². The normalized spacial score (nSPS) is 9.00. The molecule has 60 valence electrons. The lowest BCUT2D eigenvalue weighted by Crippen LogP contribution is -2.01. The molecule has 0 fully saturated rings. The fraction of sp³-hybridized carbons (Fsp3) is 0.125. The van der Waals surface area contributed by atoms with E-state index in [0.29, 0.717) is 5.56 Å². The van der Waals surface area contributed by atoms with Gasteiger partial charge in [0.05, 0.1) is 0 Å². The number of carbonyl (C=O) groups excluding carboxylic acids is 1. The number of rotatable bonds is 2. The summed E-state index contributed by atoms with van der Waals surface area (Å²) in [4.78, 5) is 17.8. The number of carbonyl (C=O) groups is 1. The quantitative estimate of drug-likeness (QED) is 0.395. The van der Waals surface area contributed by atoms with Crippen LogP contribution in [0.1, 0.15) is 10.4 Å². The van der Waals surface area contributed by atoms with Gasteiger partial charge < -0.3 is 4.85 Å². The number of ketones is 1. The van der Waals surface area contributed by atoms with Crippen LogP contribution in [0.25, 0.3) is 4.85 Å². The lowest BCUT2D eigenvalue weighted by molar-refractivity contribution is 0.101. The Morgan fingerprint density at radius 1 is 1.75 bits per heavy atom. The molecule has 0 aliphatic carbocycles. The summed E-state index contributed by atoms with van der Waals surface area (Å²) in [6.45, 7) is 6.35. The zero-order chi connectivity index (χ0) is 8.97. The first-order chi connectivity index (χ1) is 5.74. The van der Waals surface area contributed by atoms with E-state index in [9.17, 15) is 4.79 Å². The van der Waals surface area contributed by atoms with Crippen molar-refractivity contribution < 1.29 is 4.79 Å². The second-order valence-corrected chi connectivity index (χ2v) is 2.49. The van der Waals surface area contributed by atoms with Gasteiger partial charge in [0.1, 0.15) is 5.15 Å². The number of Topliss-reactive ketones (excluding diaryl/α,β-unsaturated/α-hetero) is 1. The Morgan fingerprint density at radius 2 is 2.50 bits per heavy atom. The minimum Gasteiger partial charge on any atom is -0.308 e. The highest BCUT2D eigenvalue weighted by molar-refractivity contribution is 6.29. The summed E-state index contributed by atoms with van der Waals surface area (Å²) in [6.07, 6.45) is 1.44. The zero-order valence-electron chi connectivity index (χ0n) is 6.12. The van der Waals surface area contributed by atoms with Gasteiger partial charge in [-0.2, -0.15) is 0 Å². The van der Waals surface area contributed by atoms with Gasteiger partial charge in [-0.15, -0.1) is 0 Å². The molecule has 3 nitrogen and oxygen atoms in total. The summed E-state index contributed by atoms with van der Waals surface area (Å²) in [5.74, 6) is -0.227. The van der Waals surface area contributed by atoms with Crippen LogP contribution in [0.4, 0.5) is 0 Å². The predicted octanol–water partition coefficient (Wildman–Crippen LogP) is 1.84. The largest absolute Gasteiger partial charge is 0.308 e. The van der Waals surface area contributed by atoms with Crippen molar-refractivity contribution in [3.8, 4) is 0 Å². The van der Waals surface area contributed by atoms with Crippen LogP contribution in [0.3, 0.4) is 0 Å². The molecule has 1 aromatic rings. The Balaban J connectivity index is 2.90. The van der Waals surface area contributed by atoms with Crippen molar-refractivity contribution in [2.45, 2.75) is 0 Å². The molecule has 12 heavy (non-hydrogen) atoms. The van der Waals surface area contributed by atoms with Crippen molar-refractivity contribution in [3.05, 3.63) is 40.5 Å². The number of pyridine rings is 1. The van der Waals surface area contributed by atoms with Crippen LogP contribution in [0, 0.1) is 6.57 Å². The molecular formula is C8H5ClN2O. The molecule has 1 rings (SSSR count). The van der Waals surface area contributed by atoms with Crippen LogP contribution in [0.15, 0.2) is 18.3 Å². The number of nitrogens with zero attached hydrogens (tertiary/aromatic N) is 2. The molecule has 0 radical (unpaired) electrons. The highest BCUT2D eigenvalue weighted by atomic mass is 35.5. The highest BCUT2D eigenvalue weighted by Gasteiger charge is 2.07. The van der Waals surface area contributed by atoms with E-state index < -0.39 is 0 Å². The maximum Gasteiger partial charge on any atom is 0.276 e. The van der Waals surface area contributed by atoms with E-state index in [2.05, 4.69) is 9.83 Å². The standard InChI is InChI=1S/C8H5ClN2O/c1-10-5-7(12)6-2-3-11-8(9)4-6/h2-4H,5H2. The molecule has 0 aromatic carbocycles. The first-order valence-corrected chi connectivity index (χ1v) is 3.60. The van der Waals surface area contributed by atoms with Crippen LogP contribution in [-0.4, -0.2) is 17.3 Å². The molecule has 0 saturated carbocycles. The highest BCUT2D eigenvalue weighted by Crippen LogP contribution is 2.07. The Hall–Kier alpha value is -1.40. The van der Waals surface area contributed by atoms with Crippen molar-refractivity contribution in [1.29, 1.82) is 0 Å². The van der Waals surface area contributed by atoms with Crippen molar-refractivity contribution in [2.24, 2.45) is 0 Å². The third-order valence-electron chi connectivity index (χ3n) is 1.27. The number of hydrogen-bond donors (Lipinski definition) is 0. The molecule has 0 amide bonds. The van der Waals surface area contributed by atoms with E-state index in [0.717, 1.165) is 0 Å². The van der Waals surface area contributed by atoms with Crippen molar-refractivity contribution in [1.82, 2.24) is 4.98 Å². The van der Waals surface area contributed by atoms with E-state index >= 15 is 0 Å². The predicted molar refractivity (Wildman–Crippen MR) is 45.0 cm³/mol. The molecule has 1 aromatic heterocycles. The van der Waals surface area contributed by atoms with Gasteiger partial charge in [0.2, 0.25) is 5.78 Å². The summed E-state index contributed by atoms with van der Waals surface area (Å²) >= 11 is 5.55. The molecule has 0 N–H and O–H groups in total. The second kappa shape index (κ2) is 3.84. The molecule has 0 unspecified atom stereocenters. The van der Waals surface area contributed by atoms with Gasteiger partial charge in [0.25, 0.3) is 6.54 Å². The summed E-state index contributed by atoms with van der Waals surface area (Å²) in [6, 6.07) is 2.99. The van der Waals surface area contributed by atoms with E-state index in [1.807, 2.05) is 0 Å². The Morgan fingerprint density at radius 3 is 3.08 bits per heavy atom. The zero-order valence-corrected chi connectivity index (χ0v) is 6.88. The Bertz CT molecular complexity index is 343.